The fourth-order valence-electron chi connectivity index (χ4n) is 4.42. The monoisotopic (exact) mass is 417 g/mol. The van der Waals surface area contributed by atoms with Crippen molar-refractivity contribution >= 4 is 28.4 Å². The molecular formula is C23H27N7O. The van der Waals surface area contributed by atoms with E-state index in [1.807, 2.05) is 6.07 Å². The quantitative estimate of drug-likeness (QED) is 0.691. The molecule has 1 amide bonds. The summed E-state index contributed by atoms with van der Waals surface area (Å²) in [5.41, 5.74) is 10.2. The Morgan fingerprint density at radius 2 is 1.74 bits per heavy atom. The van der Waals surface area contributed by atoms with E-state index in [2.05, 4.69) is 56.0 Å². The lowest BCUT2D eigenvalue weighted by Gasteiger charge is -2.34. The van der Waals surface area contributed by atoms with Gasteiger partial charge in [-0.3, -0.25) is 9.78 Å². The lowest BCUT2D eigenvalue weighted by atomic mass is 10.1. The lowest BCUT2D eigenvalue weighted by Crippen LogP contribution is -2.44. The van der Waals surface area contributed by atoms with Crippen LogP contribution in [0.1, 0.15) is 6.42 Å². The highest BCUT2D eigenvalue weighted by Gasteiger charge is 2.29. The first-order chi connectivity index (χ1) is 15.1. The number of rotatable bonds is 4. The van der Waals surface area contributed by atoms with Crippen LogP contribution >= 0.6 is 0 Å². The molecule has 1 unspecified atom stereocenters. The molecule has 8 heteroatoms. The van der Waals surface area contributed by atoms with Gasteiger partial charge < -0.3 is 20.4 Å². The second-order valence-electron chi connectivity index (χ2n) is 8.43. The van der Waals surface area contributed by atoms with Gasteiger partial charge in [0.2, 0.25) is 5.91 Å². The summed E-state index contributed by atoms with van der Waals surface area (Å²) in [6.45, 7) is 5.55. The van der Waals surface area contributed by atoms with Crippen LogP contribution < -0.4 is 15.5 Å². The van der Waals surface area contributed by atoms with E-state index < -0.39 is 0 Å². The fourth-order valence-corrected chi connectivity index (χ4v) is 4.42. The number of aromatic nitrogens is 3. The van der Waals surface area contributed by atoms with Crippen LogP contribution in [-0.4, -0.2) is 72.1 Å². The third-order valence-electron chi connectivity index (χ3n) is 6.36. The molecule has 2 aromatic heterocycles. The number of primary amides is 1. The van der Waals surface area contributed by atoms with E-state index in [9.17, 15) is 4.79 Å². The smallest absolute Gasteiger partial charge is 0.222 e. The second kappa shape index (κ2) is 8.11. The molecule has 0 radical (unpaired) electrons. The SMILES string of the molecule is CN1CCN(c2ccc(-c3cc4nccnc4c(N4CCC(C(N)=O)C4)n3)cc2)CC1. The van der Waals surface area contributed by atoms with Crippen molar-refractivity contribution in [1.29, 1.82) is 0 Å². The van der Waals surface area contributed by atoms with Gasteiger partial charge in [-0.05, 0) is 31.7 Å². The van der Waals surface area contributed by atoms with Gasteiger partial charge in [-0.15, -0.1) is 0 Å². The molecule has 0 saturated carbocycles. The molecule has 2 saturated heterocycles. The number of hydrogen-bond donors (Lipinski definition) is 1. The molecule has 5 rings (SSSR count). The van der Waals surface area contributed by atoms with Crippen molar-refractivity contribution in [3.8, 4) is 11.3 Å². The summed E-state index contributed by atoms with van der Waals surface area (Å²) in [6.07, 6.45) is 4.12. The lowest BCUT2D eigenvalue weighted by molar-refractivity contribution is -0.121. The number of nitrogens with zero attached hydrogens (tertiary/aromatic N) is 6. The van der Waals surface area contributed by atoms with E-state index >= 15 is 0 Å². The molecule has 2 N–H and O–H groups in total. The molecule has 1 aromatic carbocycles. The predicted octanol–water partition coefficient (Wildman–Crippen LogP) is 1.76. The Kier molecular flexibility index (Phi) is 5.15. The minimum absolute atomic E-state index is 0.153. The molecule has 1 atom stereocenters. The number of amides is 1. The normalized spacial score (nSPS) is 19.8. The Morgan fingerprint density at radius 1 is 1.00 bits per heavy atom. The number of anilines is 2. The summed E-state index contributed by atoms with van der Waals surface area (Å²) in [7, 11) is 2.17. The molecule has 2 aliphatic rings. The molecule has 8 nitrogen and oxygen atoms in total. The topological polar surface area (TPSA) is 91.5 Å². The average molecular weight is 418 g/mol. The molecule has 3 aromatic rings. The fraction of sp³-hybridized carbons (Fsp3) is 0.391. The largest absolute Gasteiger partial charge is 0.369 e. The van der Waals surface area contributed by atoms with E-state index in [1.54, 1.807) is 12.4 Å². The van der Waals surface area contributed by atoms with Gasteiger partial charge in [0, 0.05) is 62.9 Å². The van der Waals surface area contributed by atoms with Gasteiger partial charge in [0.25, 0.3) is 0 Å². The predicted molar refractivity (Wildman–Crippen MR) is 122 cm³/mol. The highest BCUT2D eigenvalue weighted by molar-refractivity contribution is 5.90. The standard InChI is InChI=1S/C23H27N7O/c1-28-10-12-29(13-11-28)18-4-2-16(3-5-18)19-14-20-21(26-8-7-25-20)23(27-19)30-9-6-17(15-30)22(24)31/h2-5,7-8,14,17H,6,9-13,15H2,1H3,(H2,24,31). The molecule has 160 valence electrons. The van der Waals surface area contributed by atoms with Gasteiger partial charge in [-0.25, -0.2) is 9.97 Å². The van der Waals surface area contributed by atoms with Gasteiger partial charge in [-0.2, -0.15) is 0 Å². The van der Waals surface area contributed by atoms with Crippen molar-refractivity contribution in [2.45, 2.75) is 6.42 Å². The number of hydrogen-bond acceptors (Lipinski definition) is 7. The zero-order valence-electron chi connectivity index (χ0n) is 17.7. The van der Waals surface area contributed by atoms with Crippen LogP contribution in [0.15, 0.2) is 42.7 Å². The Hall–Kier alpha value is -3.26. The first-order valence-electron chi connectivity index (χ1n) is 10.8. The molecule has 0 aliphatic carbocycles. The Labute approximate surface area is 181 Å². The number of nitrogens with two attached hydrogens (primary N) is 1. The second-order valence-corrected chi connectivity index (χ2v) is 8.43. The molecule has 0 bridgehead atoms. The maximum absolute atomic E-state index is 11.7. The van der Waals surface area contributed by atoms with Crippen molar-refractivity contribution in [3.63, 3.8) is 0 Å². The van der Waals surface area contributed by atoms with Crippen molar-refractivity contribution in [1.82, 2.24) is 19.9 Å². The van der Waals surface area contributed by atoms with E-state index in [0.717, 1.165) is 67.3 Å². The number of carbonyl (C=O) groups excluding carboxylic acids is 1. The summed E-state index contributed by atoms with van der Waals surface area (Å²) in [6, 6.07) is 10.6. The van der Waals surface area contributed by atoms with Crippen LogP contribution in [0.4, 0.5) is 11.5 Å². The van der Waals surface area contributed by atoms with E-state index in [-0.39, 0.29) is 11.8 Å². The molecular weight excluding hydrogens is 390 g/mol. The summed E-state index contributed by atoms with van der Waals surface area (Å²) in [5, 5.41) is 0. The van der Waals surface area contributed by atoms with Crippen molar-refractivity contribution in [2.24, 2.45) is 11.7 Å². The van der Waals surface area contributed by atoms with Crippen molar-refractivity contribution in [2.75, 3.05) is 56.1 Å². The number of fused-ring (bicyclic) bond motifs is 1. The molecule has 4 heterocycles. The minimum atomic E-state index is -0.256. The van der Waals surface area contributed by atoms with E-state index in [0.29, 0.717) is 6.54 Å². The maximum Gasteiger partial charge on any atom is 0.222 e. The third-order valence-corrected chi connectivity index (χ3v) is 6.36. The molecule has 0 spiro atoms. The van der Waals surface area contributed by atoms with E-state index in [4.69, 9.17) is 10.7 Å². The summed E-state index contributed by atoms with van der Waals surface area (Å²) >= 11 is 0. The van der Waals surface area contributed by atoms with Crippen LogP contribution in [0.25, 0.3) is 22.3 Å². The van der Waals surface area contributed by atoms with Crippen LogP contribution in [0.2, 0.25) is 0 Å². The average Bonchev–Trinajstić information content (AvgIpc) is 3.30. The van der Waals surface area contributed by atoms with Crippen LogP contribution in [0.5, 0.6) is 0 Å². The van der Waals surface area contributed by atoms with Crippen molar-refractivity contribution in [3.05, 3.63) is 42.7 Å². The molecule has 2 aliphatic heterocycles. The number of piperazine rings is 1. The molecule has 2 fully saturated rings. The highest BCUT2D eigenvalue weighted by atomic mass is 16.1. The van der Waals surface area contributed by atoms with Crippen molar-refractivity contribution < 1.29 is 4.79 Å². The van der Waals surface area contributed by atoms with Gasteiger partial charge in [0.15, 0.2) is 5.82 Å². The van der Waals surface area contributed by atoms with Crippen LogP contribution in [0, 0.1) is 5.92 Å². The molecule has 31 heavy (non-hydrogen) atoms. The van der Waals surface area contributed by atoms with Gasteiger partial charge in [0.1, 0.15) is 5.52 Å². The van der Waals surface area contributed by atoms with Crippen LogP contribution in [-0.2, 0) is 4.79 Å². The van der Waals surface area contributed by atoms with Gasteiger partial charge >= 0.3 is 0 Å². The zero-order chi connectivity index (χ0) is 21.4. The van der Waals surface area contributed by atoms with Gasteiger partial charge in [0.05, 0.1) is 17.1 Å². The van der Waals surface area contributed by atoms with E-state index in [1.165, 1.54) is 5.69 Å². The summed E-state index contributed by atoms with van der Waals surface area (Å²) in [5.74, 6) is 0.362. The number of benzene rings is 1. The number of pyridine rings is 1. The Bertz CT molecular complexity index is 1090. The van der Waals surface area contributed by atoms with Gasteiger partial charge in [-0.1, -0.05) is 12.1 Å². The third kappa shape index (κ3) is 3.90. The number of likely N-dealkylation sites (N-methyl/N-ethyl adjacent to an activating group) is 1. The first kappa shape index (κ1) is 19.7. The summed E-state index contributed by atoms with van der Waals surface area (Å²) in [4.78, 5) is 32.5. The summed E-state index contributed by atoms with van der Waals surface area (Å²) < 4.78 is 0. The minimum Gasteiger partial charge on any atom is -0.369 e. The maximum atomic E-state index is 11.7. The number of carbonyl (C=O) groups is 1. The first-order valence-corrected chi connectivity index (χ1v) is 10.8. The van der Waals surface area contributed by atoms with Crippen LogP contribution in [0.3, 0.4) is 0 Å². The highest BCUT2D eigenvalue weighted by Crippen LogP contribution is 2.31. The Morgan fingerprint density at radius 3 is 2.45 bits per heavy atom. The Balaban J connectivity index is 1.47. The zero-order valence-corrected chi connectivity index (χ0v) is 17.7.